The van der Waals surface area contributed by atoms with Gasteiger partial charge in [-0.2, -0.15) is 0 Å². The molecule has 0 aromatic heterocycles. The van der Waals surface area contributed by atoms with Crippen LogP contribution in [0.1, 0.15) is 18.5 Å². The molecule has 0 spiro atoms. The fourth-order valence-corrected chi connectivity index (χ4v) is 3.32. The van der Waals surface area contributed by atoms with Crippen molar-refractivity contribution < 1.29 is 0 Å². The van der Waals surface area contributed by atoms with Crippen LogP contribution in [0.25, 0.3) is 0 Å². The third kappa shape index (κ3) is 3.28. The van der Waals surface area contributed by atoms with Crippen molar-refractivity contribution in [2.45, 2.75) is 13.0 Å². The van der Waals surface area contributed by atoms with Crippen LogP contribution >= 0.6 is 43.5 Å². The van der Waals surface area contributed by atoms with E-state index >= 15 is 0 Å². The van der Waals surface area contributed by atoms with Gasteiger partial charge in [0.15, 0.2) is 0 Å². The highest BCUT2D eigenvalue weighted by Gasteiger charge is 2.10. The van der Waals surface area contributed by atoms with E-state index in [9.17, 15) is 0 Å². The molecule has 0 radical (unpaired) electrons. The van der Waals surface area contributed by atoms with Crippen molar-refractivity contribution in [2.75, 3.05) is 5.32 Å². The van der Waals surface area contributed by atoms with Gasteiger partial charge in [-0.05, 0) is 36.8 Å². The van der Waals surface area contributed by atoms with Gasteiger partial charge in [0.25, 0.3) is 0 Å². The molecule has 1 atom stereocenters. The Bertz CT molecular complexity index is 557. The van der Waals surface area contributed by atoms with Crippen molar-refractivity contribution in [1.29, 1.82) is 0 Å². The lowest BCUT2D eigenvalue weighted by atomic mass is 10.1. The lowest BCUT2D eigenvalue weighted by Crippen LogP contribution is -2.07. The minimum atomic E-state index is 0.173. The predicted octanol–water partition coefficient (Wildman–Crippen LogP) is 6.04. The molecule has 1 nitrogen and oxygen atoms in total. The molecule has 0 amide bonds. The maximum absolute atomic E-state index is 6.14. The van der Waals surface area contributed by atoms with Gasteiger partial charge in [-0.25, -0.2) is 0 Å². The van der Waals surface area contributed by atoms with E-state index in [-0.39, 0.29) is 6.04 Å². The predicted molar refractivity (Wildman–Crippen MR) is 85.3 cm³/mol. The van der Waals surface area contributed by atoms with Gasteiger partial charge in [-0.15, -0.1) is 0 Å². The molecule has 94 valence electrons. The summed E-state index contributed by atoms with van der Waals surface area (Å²) in [5.41, 5.74) is 2.14. The molecule has 2 aromatic carbocycles. The van der Waals surface area contributed by atoms with Crippen LogP contribution in [0.15, 0.2) is 51.4 Å². The average molecular weight is 390 g/mol. The largest absolute Gasteiger partial charge is 0.377 e. The number of hydrogen-bond acceptors (Lipinski definition) is 1. The molecule has 4 heteroatoms. The van der Waals surface area contributed by atoms with E-state index in [4.69, 9.17) is 11.6 Å². The third-order valence-electron chi connectivity index (χ3n) is 2.67. The second kappa shape index (κ2) is 6.09. The second-order valence-electron chi connectivity index (χ2n) is 4.01. The Hall–Kier alpha value is -0.510. The van der Waals surface area contributed by atoms with E-state index in [1.54, 1.807) is 0 Å². The van der Waals surface area contributed by atoms with Crippen LogP contribution in [0.3, 0.4) is 0 Å². The molecular formula is C14H12Br2ClN. The SMILES string of the molecule is CC(Nc1ccccc1Cl)c1ccc(Br)cc1Br. The summed E-state index contributed by atoms with van der Waals surface area (Å²) in [4.78, 5) is 0. The topological polar surface area (TPSA) is 12.0 Å². The van der Waals surface area contributed by atoms with Crippen molar-refractivity contribution in [3.05, 3.63) is 62.0 Å². The number of halogens is 3. The molecule has 0 saturated heterocycles. The molecule has 0 saturated carbocycles. The standard InChI is InChI=1S/C14H12Br2ClN/c1-9(11-7-6-10(15)8-12(11)16)18-14-5-3-2-4-13(14)17/h2-9,18H,1H3. The third-order valence-corrected chi connectivity index (χ3v) is 4.18. The van der Waals surface area contributed by atoms with Crippen LogP contribution in [0.4, 0.5) is 5.69 Å². The molecule has 0 aliphatic carbocycles. The number of nitrogens with one attached hydrogen (secondary N) is 1. The van der Waals surface area contributed by atoms with Crippen LogP contribution in [0, 0.1) is 0 Å². The van der Waals surface area contributed by atoms with Crippen molar-refractivity contribution in [3.63, 3.8) is 0 Å². The van der Waals surface area contributed by atoms with Gasteiger partial charge < -0.3 is 5.32 Å². The number of anilines is 1. The summed E-state index contributed by atoms with van der Waals surface area (Å²) in [6.45, 7) is 2.11. The maximum atomic E-state index is 6.14. The Morgan fingerprint density at radius 1 is 1.11 bits per heavy atom. The van der Waals surface area contributed by atoms with Crippen molar-refractivity contribution >= 4 is 49.1 Å². The van der Waals surface area contributed by atoms with Crippen LogP contribution in [0.5, 0.6) is 0 Å². The van der Waals surface area contributed by atoms with Gasteiger partial charge in [-0.3, -0.25) is 0 Å². The highest BCUT2D eigenvalue weighted by molar-refractivity contribution is 9.11. The number of para-hydroxylation sites is 1. The zero-order valence-corrected chi connectivity index (χ0v) is 13.7. The highest BCUT2D eigenvalue weighted by Crippen LogP contribution is 2.30. The second-order valence-corrected chi connectivity index (χ2v) is 6.19. The van der Waals surface area contributed by atoms with Crippen molar-refractivity contribution in [2.24, 2.45) is 0 Å². The molecule has 2 rings (SSSR count). The summed E-state index contributed by atoms with van der Waals surface area (Å²) >= 11 is 13.2. The fraction of sp³-hybridized carbons (Fsp3) is 0.143. The smallest absolute Gasteiger partial charge is 0.0637 e. The average Bonchev–Trinajstić information content (AvgIpc) is 2.32. The lowest BCUT2D eigenvalue weighted by molar-refractivity contribution is 0.878. The lowest BCUT2D eigenvalue weighted by Gasteiger charge is -2.18. The Balaban J connectivity index is 2.22. The number of hydrogen-bond donors (Lipinski definition) is 1. The van der Waals surface area contributed by atoms with Crippen LogP contribution in [0.2, 0.25) is 5.02 Å². The minimum absolute atomic E-state index is 0.173. The molecule has 0 fully saturated rings. The zero-order chi connectivity index (χ0) is 13.1. The first kappa shape index (κ1) is 13.9. The highest BCUT2D eigenvalue weighted by atomic mass is 79.9. The summed E-state index contributed by atoms with van der Waals surface area (Å²) in [7, 11) is 0. The summed E-state index contributed by atoms with van der Waals surface area (Å²) in [5, 5.41) is 4.14. The first-order valence-electron chi connectivity index (χ1n) is 5.54. The summed E-state index contributed by atoms with van der Waals surface area (Å²) < 4.78 is 2.13. The van der Waals surface area contributed by atoms with Gasteiger partial charge in [0.05, 0.1) is 10.7 Å². The van der Waals surface area contributed by atoms with Gasteiger partial charge in [0.1, 0.15) is 0 Å². The molecule has 18 heavy (non-hydrogen) atoms. The van der Waals surface area contributed by atoms with Gasteiger partial charge in [-0.1, -0.05) is 61.7 Å². The van der Waals surface area contributed by atoms with Crippen molar-refractivity contribution in [3.8, 4) is 0 Å². The molecule has 0 aliphatic rings. The number of rotatable bonds is 3. The molecule has 1 N–H and O–H groups in total. The Morgan fingerprint density at radius 3 is 2.50 bits per heavy atom. The molecular weight excluding hydrogens is 377 g/mol. The van der Waals surface area contributed by atoms with Gasteiger partial charge >= 0.3 is 0 Å². The van der Waals surface area contributed by atoms with Crippen LogP contribution in [-0.4, -0.2) is 0 Å². The summed E-state index contributed by atoms with van der Waals surface area (Å²) in [6.07, 6.45) is 0. The Kier molecular flexibility index (Phi) is 4.71. The first-order chi connectivity index (χ1) is 8.58. The molecule has 0 bridgehead atoms. The Labute approximate surface area is 129 Å². The van der Waals surface area contributed by atoms with Gasteiger partial charge in [0.2, 0.25) is 0 Å². The van der Waals surface area contributed by atoms with E-state index in [2.05, 4.69) is 50.2 Å². The summed E-state index contributed by atoms with van der Waals surface area (Å²) in [5.74, 6) is 0. The van der Waals surface area contributed by atoms with E-state index in [0.29, 0.717) is 0 Å². The van der Waals surface area contributed by atoms with Crippen molar-refractivity contribution in [1.82, 2.24) is 0 Å². The molecule has 2 aromatic rings. The normalized spacial score (nSPS) is 12.2. The molecule has 0 heterocycles. The molecule has 0 aliphatic heterocycles. The van der Waals surface area contributed by atoms with Crippen LogP contribution in [-0.2, 0) is 0 Å². The maximum Gasteiger partial charge on any atom is 0.0637 e. The first-order valence-corrected chi connectivity index (χ1v) is 7.50. The van der Waals surface area contributed by atoms with E-state index in [0.717, 1.165) is 19.7 Å². The molecule has 1 unspecified atom stereocenters. The Morgan fingerprint density at radius 2 is 1.83 bits per heavy atom. The van der Waals surface area contributed by atoms with E-state index < -0.39 is 0 Å². The fourth-order valence-electron chi connectivity index (χ4n) is 1.74. The van der Waals surface area contributed by atoms with Gasteiger partial charge in [0, 0.05) is 15.0 Å². The van der Waals surface area contributed by atoms with E-state index in [1.165, 1.54) is 5.56 Å². The number of benzene rings is 2. The van der Waals surface area contributed by atoms with Crippen LogP contribution < -0.4 is 5.32 Å². The van der Waals surface area contributed by atoms with E-state index in [1.807, 2.05) is 36.4 Å². The monoisotopic (exact) mass is 387 g/mol. The zero-order valence-electron chi connectivity index (χ0n) is 9.75. The quantitative estimate of drug-likeness (QED) is 0.675. The minimum Gasteiger partial charge on any atom is -0.377 e. The summed E-state index contributed by atoms with van der Waals surface area (Å²) in [6, 6.07) is 14.1.